The summed E-state index contributed by atoms with van der Waals surface area (Å²) in [6, 6.07) is 8.63. The van der Waals surface area contributed by atoms with Gasteiger partial charge in [0.1, 0.15) is 0 Å². The first-order valence-electron chi connectivity index (χ1n) is 5.77. The second kappa shape index (κ2) is 4.99. The molecule has 1 saturated carbocycles. The fourth-order valence-corrected chi connectivity index (χ4v) is 2.27. The minimum absolute atomic E-state index is 0.191. The lowest BCUT2D eigenvalue weighted by atomic mass is 10.0. The van der Waals surface area contributed by atoms with E-state index in [2.05, 4.69) is 5.32 Å². The van der Waals surface area contributed by atoms with Crippen LogP contribution in [-0.2, 0) is 4.79 Å². The van der Waals surface area contributed by atoms with Crippen LogP contribution < -0.4 is 5.32 Å². The molecular formula is C13H15NO3. The molecule has 0 heterocycles. The summed E-state index contributed by atoms with van der Waals surface area (Å²) < 4.78 is 0. The van der Waals surface area contributed by atoms with E-state index in [1.807, 2.05) is 6.07 Å². The van der Waals surface area contributed by atoms with Gasteiger partial charge in [-0.25, -0.2) is 0 Å². The first-order chi connectivity index (χ1) is 8.18. The van der Waals surface area contributed by atoms with Crippen LogP contribution in [0.15, 0.2) is 30.3 Å². The number of hydrogen-bond donors (Lipinski definition) is 2. The Bertz CT molecular complexity index is 416. The highest BCUT2D eigenvalue weighted by molar-refractivity contribution is 5.94. The Balaban J connectivity index is 2.02. The lowest BCUT2D eigenvalue weighted by molar-refractivity contribution is -0.142. The first kappa shape index (κ1) is 11.6. The van der Waals surface area contributed by atoms with Crippen molar-refractivity contribution in [1.29, 1.82) is 0 Å². The predicted molar refractivity (Wildman–Crippen MR) is 62.7 cm³/mol. The second-order valence-corrected chi connectivity index (χ2v) is 4.32. The molecule has 2 atom stereocenters. The van der Waals surface area contributed by atoms with E-state index < -0.39 is 11.9 Å². The van der Waals surface area contributed by atoms with Crippen molar-refractivity contribution in [3.8, 4) is 0 Å². The molecule has 4 nitrogen and oxygen atoms in total. The molecule has 0 unspecified atom stereocenters. The van der Waals surface area contributed by atoms with Gasteiger partial charge in [0.15, 0.2) is 0 Å². The van der Waals surface area contributed by atoms with E-state index in [9.17, 15) is 9.59 Å². The van der Waals surface area contributed by atoms with Gasteiger partial charge in [-0.3, -0.25) is 9.59 Å². The fraction of sp³-hybridized carbons (Fsp3) is 0.385. The summed E-state index contributed by atoms with van der Waals surface area (Å²) in [6.07, 6.45) is 2.25. The van der Waals surface area contributed by atoms with E-state index in [0.29, 0.717) is 12.0 Å². The van der Waals surface area contributed by atoms with E-state index in [0.717, 1.165) is 12.8 Å². The van der Waals surface area contributed by atoms with E-state index in [1.54, 1.807) is 24.3 Å². The fourth-order valence-electron chi connectivity index (χ4n) is 2.27. The Hall–Kier alpha value is -1.84. The molecule has 2 N–H and O–H groups in total. The van der Waals surface area contributed by atoms with E-state index in [1.165, 1.54) is 0 Å². The van der Waals surface area contributed by atoms with Gasteiger partial charge in [0.05, 0.1) is 5.92 Å². The second-order valence-electron chi connectivity index (χ2n) is 4.32. The third-order valence-corrected chi connectivity index (χ3v) is 3.19. The predicted octanol–water partition coefficient (Wildman–Crippen LogP) is 1.67. The quantitative estimate of drug-likeness (QED) is 0.834. The molecule has 90 valence electrons. The van der Waals surface area contributed by atoms with Crippen molar-refractivity contribution in [2.24, 2.45) is 5.92 Å². The number of aliphatic carboxylic acids is 1. The van der Waals surface area contributed by atoms with Gasteiger partial charge in [0.25, 0.3) is 5.91 Å². The van der Waals surface area contributed by atoms with Gasteiger partial charge in [-0.2, -0.15) is 0 Å². The maximum Gasteiger partial charge on any atom is 0.308 e. The van der Waals surface area contributed by atoms with Crippen LogP contribution in [0.4, 0.5) is 0 Å². The number of carbonyl (C=O) groups excluding carboxylic acids is 1. The number of carbonyl (C=O) groups is 2. The molecule has 1 amide bonds. The number of carboxylic acid groups (broad SMARTS) is 1. The Morgan fingerprint density at radius 3 is 2.53 bits per heavy atom. The molecule has 2 rings (SSSR count). The van der Waals surface area contributed by atoms with Gasteiger partial charge in [-0.1, -0.05) is 24.6 Å². The largest absolute Gasteiger partial charge is 0.481 e. The molecule has 1 aliphatic carbocycles. The number of nitrogens with one attached hydrogen (secondary N) is 1. The van der Waals surface area contributed by atoms with Crippen LogP contribution in [0.25, 0.3) is 0 Å². The van der Waals surface area contributed by atoms with Crippen LogP contribution in [-0.4, -0.2) is 23.0 Å². The lowest BCUT2D eigenvalue weighted by Crippen LogP contribution is -2.40. The standard InChI is InChI=1S/C13H15NO3/c15-12(9-5-2-1-3-6-9)14-11-8-4-7-10(11)13(16)17/h1-3,5-6,10-11H,4,7-8H2,(H,14,15)(H,16,17)/t10-,11-/m0/s1. The third kappa shape index (κ3) is 2.64. The average molecular weight is 233 g/mol. The molecular weight excluding hydrogens is 218 g/mol. The van der Waals surface area contributed by atoms with Crippen LogP contribution in [0.3, 0.4) is 0 Å². The zero-order valence-corrected chi connectivity index (χ0v) is 9.43. The number of carboxylic acids is 1. The molecule has 1 fully saturated rings. The smallest absolute Gasteiger partial charge is 0.308 e. The Morgan fingerprint density at radius 2 is 1.88 bits per heavy atom. The van der Waals surface area contributed by atoms with Crippen LogP contribution in [0, 0.1) is 5.92 Å². The third-order valence-electron chi connectivity index (χ3n) is 3.19. The Labute approximate surface area is 99.6 Å². The van der Waals surface area contributed by atoms with Gasteiger partial charge in [0.2, 0.25) is 0 Å². The van der Waals surface area contributed by atoms with Crippen molar-refractivity contribution < 1.29 is 14.7 Å². The van der Waals surface area contributed by atoms with E-state index in [-0.39, 0.29) is 11.9 Å². The van der Waals surface area contributed by atoms with Crippen LogP contribution in [0.5, 0.6) is 0 Å². The van der Waals surface area contributed by atoms with Gasteiger partial charge >= 0.3 is 5.97 Å². The molecule has 1 aromatic rings. The van der Waals surface area contributed by atoms with Crippen molar-refractivity contribution in [2.75, 3.05) is 0 Å². The molecule has 0 aliphatic heterocycles. The van der Waals surface area contributed by atoms with Gasteiger partial charge < -0.3 is 10.4 Å². The molecule has 1 aromatic carbocycles. The molecule has 0 spiro atoms. The lowest BCUT2D eigenvalue weighted by Gasteiger charge is -2.17. The normalized spacial score (nSPS) is 23.3. The minimum atomic E-state index is -0.819. The van der Waals surface area contributed by atoms with Gasteiger partial charge in [-0.05, 0) is 25.0 Å². The molecule has 0 saturated heterocycles. The number of benzene rings is 1. The summed E-state index contributed by atoms with van der Waals surface area (Å²) in [6.45, 7) is 0. The molecule has 0 bridgehead atoms. The summed E-state index contributed by atoms with van der Waals surface area (Å²) in [5.74, 6) is -1.45. The van der Waals surface area contributed by atoms with Crippen LogP contribution in [0.1, 0.15) is 29.6 Å². The van der Waals surface area contributed by atoms with Gasteiger partial charge in [0, 0.05) is 11.6 Å². The summed E-state index contributed by atoms with van der Waals surface area (Å²) in [7, 11) is 0. The SMILES string of the molecule is O=C(N[C@H]1CCC[C@@H]1C(=O)O)c1ccccc1. The van der Waals surface area contributed by atoms with Crippen molar-refractivity contribution >= 4 is 11.9 Å². The van der Waals surface area contributed by atoms with E-state index >= 15 is 0 Å². The zero-order chi connectivity index (χ0) is 12.3. The minimum Gasteiger partial charge on any atom is -0.481 e. The number of hydrogen-bond acceptors (Lipinski definition) is 2. The molecule has 0 aromatic heterocycles. The highest BCUT2D eigenvalue weighted by atomic mass is 16.4. The summed E-state index contributed by atoms with van der Waals surface area (Å²) in [5, 5.41) is 11.8. The van der Waals surface area contributed by atoms with Crippen molar-refractivity contribution in [2.45, 2.75) is 25.3 Å². The maximum absolute atomic E-state index is 11.9. The molecule has 1 aliphatic rings. The zero-order valence-electron chi connectivity index (χ0n) is 9.43. The van der Waals surface area contributed by atoms with Crippen LogP contribution in [0.2, 0.25) is 0 Å². The highest BCUT2D eigenvalue weighted by Gasteiger charge is 2.33. The molecule has 17 heavy (non-hydrogen) atoms. The maximum atomic E-state index is 11.9. The highest BCUT2D eigenvalue weighted by Crippen LogP contribution is 2.26. The summed E-state index contributed by atoms with van der Waals surface area (Å²) in [4.78, 5) is 22.8. The topological polar surface area (TPSA) is 66.4 Å². The average Bonchev–Trinajstić information content (AvgIpc) is 2.78. The van der Waals surface area contributed by atoms with E-state index in [4.69, 9.17) is 5.11 Å². The summed E-state index contributed by atoms with van der Waals surface area (Å²) in [5.41, 5.74) is 0.573. The van der Waals surface area contributed by atoms with Crippen molar-refractivity contribution in [3.05, 3.63) is 35.9 Å². The Morgan fingerprint density at radius 1 is 1.18 bits per heavy atom. The molecule has 4 heteroatoms. The first-order valence-corrected chi connectivity index (χ1v) is 5.77. The number of rotatable bonds is 3. The molecule has 0 radical (unpaired) electrons. The van der Waals surface area contributed by atoms with Crippen molar-refractivity contribution in [1.82, 2.24) is 5.32 Å². The van der Waals surface area contributed by atoms with Crippen molar-refractivity contribution in [3.63, 3.8) is 0 Å². The van der Waals surface area contributed by atoms with Gasteiger partial charge in [-0.15, -0.1) is 0 Å². The summed E-state index contributed by atoms with van der Waals surface area (Å²) >= 11 is 0. The monoisotopic (exact) mass is 233 g/mol. The Kier molecular flexibility index (Phi) is 3.42. The number of amides is 1. The van der Waals surface area contributed by atoms with Crippen LogP contribution >= 0.6 is 0 Å².